The first kappa shape index (κ1) is 22.9. The van der Waals surface area contributed by atoms with Crippen molar-refractivity contribution in [3.8, 4) is 22.6 Å². The molecule has 2 amide bonds. The largest absolute Gasteiger partial charge is 0.503 e. The summed E-state index contributed by atoms with van der Waals surface area (Å²) in [7, 11) is 3.23. The maximum atomic E-state index is 12.1. The Morgan fingerprint density at radius 3 is 2.09 bits per heavy atom. The Kier molecular flexibility index (Phi) is 5.51. The summed E-state index contributed by atoms with van der Waals surface area (Å²) in [6, 6.07) is 8.03. The molecule has 1 aliphatic carbocycles. The number of hydrogen-bond acceptors (Lipinski definition) is 4. The first-order valence-corrected chi connectivity index (χ1v) is 11.2. The van der Waals surface area contributed by atoms with Gasteiger partial charge in [-0.15, -0.1) is 0 Å². The van der Waals surface area contributed by atoms with Crippen molar-refractivity contribution in [2.45, 2.75) is 58.3 Å². The maximum absolute atomic E-state index is 12.1. The van der Waals surface area contributed by atoms with Crippen molar-refractivity contribution in [2.24, 2.45) is 0 Å². The maximum Gasteiger partial charge on any atom is 0.503 e. The van der Waals surface area contributed by atoms with Crippen molar-refractivity contribution in [3.05, 3.63) is 58.6 Å². The van der Waals surface area contributed by atoms with Gasteiger partial charge in [0.2, 0.25) is 0 Å². The molecule has 2 aliphatic rings. The standard InChI is InChI=1S/C27H32N2O4/c1-16-10-20-21(27(4,5)9-8-26(20,2)3)12-18(16)19-11-17(22(32-6)13-23(19)33-7)14-29-15-24(30)28-25(29)31/h10-15H,8-9H2,1-7H3,(H-,28,30,31)/p+1. The molecule has 174 valence electrons. The molecule has 1 heterocycles. The zero-order valence-corrected chi connectivity index (χ0v) is 20.5. The van der Waals surface area contributed by atoms with E-state index in [-0.39, 0.29) is 16.7 Å². The van der Waals surface area contributed by atoms with Gasteiger partial charge in [0.15, 0.2) is 6.20 Å². The quantitative estimate of drug-likeness (QED) is 0.601. The molecule has 2 aromatic carbocycles. The molecule has 0 saturated heterocycles. The van der Waals surface area contributed by atoms with Gasteiger partial charge in [-0.1, -0.05) is 33.8 Å². The number of nitrogens with zero attached hydrogens (tertiary/aromatic N) is 1. The molecule has 0 saturated carbocycles. The fourth-order valence-corrected chi connectivity index (χ4v) is 4.89. The van der Waals surface area contributed by atoms with Crippen LogP contribution in [0, 0.1) is 6.92 Å². The highest BCUT2D eigenvalue weighted by Crippen LogP contribution is 2.48. The van der Waals surface area contributed by atoms with Gasteiger partial charge < -0.3 is 14.6 Å². The first-order chi connectivity index (χ1) is 15.5. The van der Waals surface area contributed by atoms with E-state index >= 15 is 0 Å². The molecular weight excluding hydrogens is 416 g/mol. The summed E-state index contributed by atoms with van der Waals surface area (Å²) in [5.74, 6) is 1.07. The molecule has 2 aromatic rings. The van der Waals surface area contributed by atoms with E-state index in [2.05, 4.69) is 52.1 Å². The summed E-state index contributed by atoms with van der Waals surface area (Å²) < 4.78 is 12.6. The number of hydrogen-bond donors (Lipinski definition) is 2. The van der Waals surface area contributed by atoms with Crippen molar-refractivity contribution in [1.29, 1.82) is 0 Å². The number of nitrogens with one attached hydrogen (secondary N) is 1. The predicted molar refractivity (Wildman–Crippen MR) is 130 cm³/mol. The van der Waals surface area contributed by atoms with Crippen LogP contribution in [0.3, 0.4) is 0 Å². The zero-order valence-electron chi connectivity index (χ0n) is 20.5. The molecule has 1 aliphatic heterocycles. The highest BCUT2D eigenvalue weighted by molar-refractivity contribution is 5.90. The van der Waals surface area contributed by atoms with Crippen molar-refractivity contribution < 1.29 is 24.0 Å². The second-order valence-electron chi connectivity index (χ2n) is 10.3. The zero-order chi connectivity index (χ0) is 24.1. The fourth-order valence-electron chi connectivity index (χ4n) is 4.89. The number of ether oxygens (including phenoxy) is 2. The van der Waals surface area contributed by atoms with Crippen LogP contribution in [0.2, 0.25) is 0 Å². The van der Waals surface area contributed by atoms with Gasteiger partial charge >= 0.3 is 11.9 Å². The third-order valence-corrected chi connectivity index (χ3v) is 7.05. The number of amides is 2. The van der Waals surface area contributed by atoms with Gasteiger partial charge in [-0.05, 0) is 65.0 Å². The SMILES string of the molecule is COc1cc(OC)c(-c2cc3c(cc2C)C(C)(C)CCC3(C)C)cc1C=[N+]1C=C(O)NC1=O. The van der Waals surface area contributed by atoms with Crippen LogP contribution in [0.1, 0.15) is 62.8 Å². The first-order valence-electron chi connectivity index (χ1n) is 11.2. The Bertz CT molecular complexity index is 1210. The Balaban J connectivity index is 1.94. The van der Waals surface area contributed by atoms with Crippen molar-refractivity contribution in [2.75, 3.05) is 14.2 Å². The lowest BCUT2D eigenvalue weighted by molar-refractivity contribution is -0.336. The molecule has 0 unspecified atom stereocenters. The molecule has 0 bridgehead atoms. The summed E-state index contributed by atoms with van der Waals surface area (Å²) in [4.78, 5) is 12.1. The van der Waals surface area contributed by atoms with Gasteiger partial charge in [-0.25, -0.2) is 0 Å². The van der Waals surface area contributed by atoms with E-state index in [1.54, 1.807) is 20.4 Å². The van der Waals surface area contributed by atoms with Crippen molar-refractivity contribution >= 4 is 12.2 Å². The monoisotopic (exact) mass is 449 g/mol. The van der Waals surface area contributed by atoms with Gasteiger partial charge in [0.05, 0.1) is 19.8 Å². The number of fused-ring (bicyclic) bond motifs is 1. The van der Waals surface area contributed by atoms with Gasteiger partial charge in [0, 0.05) is 11.6 Å². The van der Waals surface area contributed by atoms with Gasteiger partial charge in [-0.3, -0.25) is 0 Å². The minimum absolute atomic E-state index is 0.0813. The minimum atomic E-state index is -0.430. The predicted octanol–water partition coefficient (Wildman–Crippen LogP) is 5.54. The van der Waals surface area contributed by atoms with E-state index in [1.807, 2.05) is 12.1 Å². The average molecular weight is 450 g/mol. The smallest absolute Gasteiger partial charge is 0.496 e. The van der Waals surface area contributed by atoms with Crippen molar-refractivity contribution in [1.82, 2.24) is 5.32 Å². The molecule has 0 spiro atoms. The third kappa shape index (κ3) is 3.99. The number of benzene rings is 2. The van der Waals surface area contributed by atoms with E-state index < -0.39 is 6.03 Å². The van der Waals surface area contributed by atoms with Crippen molar-refractivity contribution in [3.63, 3.8) is 0 Å². The van der Waals surface area contributed by atoms with E-state index in [9.17, 15) is 9.90 Å². The Hall–Kier alpha value is -3.28. The average Bonchev–Trinajstić information content (AvgIpc) is 3.07. The van der Waals surface area contributed by atoms with Gasteiger partial charge in [-0.2, -0.15) is 14.7 Å². The molecule has 0 aromatic heterocycles. The molecule has 6 nitrogen and oxygen atoms in total. The number of methoxy groups -OCH3 is 2. The molecule has 0 atom stereocenters. The summed E-state index contributed by atoms with van der Waals surface area (Å²) in [5, 5.41) is 12.0. The second-order valence-corrected chi connectivity index (χ2v) is 10.3. The lowest BCUT2D eigenvalue weighted by atomic mass is 9.62. The van der Waals surface area contributed by atoms with E-state index in [4.69, 9.17) is 9.47 Å². The van der Waals surface area contributed by atoms with Crippen LogP contribution >= 0.6 is 0 Å². The van der Waals surface area contributed by atoms with E-state index in [0.717, 1.165) is 24.0 Å². The fraction of sp³-hybridized carbons (Fsp3) is 0.407. The Morgan fingerprint density at radius 2 is 1.55 bits per heavy atom. The molecule has 6 heteroatoms. The number of carbonyl (C=O) groups is 1. The molecule has 4 rings (SSSR count). The van der Waals surface area contributed by atoms with Crippen LogP contribution in [0.4, 0.5) is 4.79 Å². The number of urea groups is 1. The summed E-state index contributed by atoms with van der Waals surface area (Å²) in [5.41, 5.74) is 6.89. The van der Waals surface area contributed by atoms with Crippen LogP contribution in [0.5, 0.6) is 11.5 Å². The number of rotatable bonds is 4. The number of carbonyl (C=O) groups excluding carboxylic acids is 1. The topological polar surface area (TPSA) is 70.8 Å². The van der Waals surface area contributed by atoms with Crippen LogP contribution in [0.25, 0.3) is 11.1 Å². The third-order valence-electron chi connectivity index (χ3n) is 7.05. The summed E-state index contributed by atoms with van der Waals surface area (Å²) in [6.07, 6.45) is 5.27. The second kappa shape index (κ2) is 7.94. The van der Waals surface area contributed by atoms with Gasteiger partial charge in [0.25, 0.3) is 0 Å². The highest BCUT2D eigenvalue weighted by atomic mass is 16.5. The number of aliphatic hydroxyl groups excluding tert-OH is 1. The molecule has 2 N–H and O–H groups in total. The normalized spacial score (nSPS) is 19.7. The lowest BCUT2D eigenvalue weighted by Crippen LogP contribution is -2.34. The minimum Gasteiger partial charge on any atom is -0.496 e. The van der Waals surface area contributed by atoms with E-state index in [1.165, 1.54) is 27.5 Å². The Labute approximate surface area is 195 Å². The Morgan fingerprint density at radius 1 is 0.939 bits per heavy atom. The molecule has 0 fully saturated rings. The highest BCUT2D eigenvalue weighted by Gasteiger charge is 2.37. The van der Waals surface area contributed by atoms with Crippen LogP contribution in [0.15, 0.2) is 36.3 Å². The van der Waals surface area contributed by atoms with Gasteiger partial charge in [0.1, 0.15) is 17.7 Å². The lowest BCUT2D eigenvalue weighted by Gasteiger charge is -2.42. The van der Waals surface area contributed by atoms with E-state index in [0.29, 0.717) is 17.1 Å². The van der Waals surface area contributed by atoms with Crippen LogP contribution in [-0.2, 0) is 10.8 Å². The summed E-state index contributed by atoms with van der Waals surface area (Å²) >= 11 is 0. The van der Waals surface area contributed by atoms with Crippen LogP contribution in [-0.4, -0.2) is 36.1 Å². The summed E-state index contributed by atoms with van der Waals surface area (Å²) in [6.45, 7) is 11.4. The number of aliphatic hydroxyl groups is 1. The molecular formula is C27H33N2O4+. The molecule has 33 heavy (non-hydrogen) atoms. The number of aryl methyl sites for hydroxylation is 1. The van der Waals surface area contributed by atoms with Crippen LogP contribution < -0.4 is 14.8 Å². The molecule has 0 radical (unpaired) electrons.